The van der Waals surface area contributed by atoms with Crippen LogP contribution in [0, 0.1) is 0 Å². The molecule has 0 aliphatic heterocycles. The van der Waals surface area contributed by atoms with E-state index in [2.05, 4.69) is 19.7 Å². The molecule has 0 saturated heterocycles. The number of nitrogens with zero attached hydrogens (tertiary/aromatic N) is 3. The van der Waals surface area contributed by atoms with Crippen molar-refractivity contribution in [3.8, 4) is 0 Å². The highest BCUT2D eigenvalue weighted by Crippen LogP contribution is 2.15. The first kappa shape index (κ1) is 18.0. The molecule has 0 saturated carbocycles. The molecule has 0 aromatic carbocycles. The maximum Gasteiger partial charge on any atom is 0.280 e. The average molecular weight is 319 g/mol. The molecule has 0 spiro atoms. The number of fused-ring (bicyclic) bond motifs is 1. The second kappa shape index (κ2) is 7.26. The number of hydrogen-bond donors (Lipinski definition) is 5. The molecule has 22 heavy (non-hydrogen) atoms. The number of imidazole rings is 1. The summed E-state index contributed by atoms with van der Waals surface area (Å²) in [6.45, 7) is 0.0906. The molecule has 6 N–H and O–H groups in total. The normalized spacial score (nSPS) is 15.0. The number of ether oxygens (including phenoxy) is 1. The molecular formula is C11H18FN5O5. The minimum atomic E-state index is -2.31. The second-order valence-corrected chi connectivity index (χ2v) is 4.30. The minimum Gasteiger partial charge on any atom is -0.390 e. The van der Waals surface area contributed by atoms with Gasteiger partial charge in [-0.1, -0.05) is 0 Å². The van der Waals surface area contributed by atoms with Gasteiger partial charge >= 0.3 is 0 Å². The molecule has 2 atom stereocenters. The van der Waals surface area contributed by atoms with Crippen LogP contribution >= 0.6 is 0 Å². The number of rotatable bonds is 4. The van der Waals surface area contributed by atoms with Crippen molar-refractivity contribution in [2.75, 3.05) is 19.5 Å². The molecule has 0 unspecified atom stereocenters. The van der Waals surface area contributed by atoms with E-state index in [-0.39, 0.29) is 23.8 Å². The fourth-order valence-electron chi connectivity index (χ4n) is 1.44. The van der Waals surface area contributed by atoms with Gasteiger partial charge in [-0.15, -0.1) is 0 Å². The molecule has 0 bridgehead atoms. The number of H-pyrrole nitrogens is 1. The Morgan fingerprint density at radius 2 is 2.23 bits per heavy atom. The van der Waals surface area contributed by atoms with Gasteiger partial charge in [0.05, 0.1) is 6.33 Å². The lowest BCUT2D eigenvalue weighted by Crippen LogP contribution is -2.41. The molecule has 0 aliphatic carbocycles. The van der Waals surface area contributed by atoms with Gasteiger partial charge in [0.1, 0.15) is 19.4 Å². The van der Waals surface area contributed by atoms with Crippen LogP contribution < -0.4 is 11.3 Å². The van der Waals surface area contributed by atoms with Crippen molar-refractivity contribution in [2.24, 2.45) is 0 Å². The van der Waals surface area contributed by atoms with Crippen molar-refractivity contribution in [3.63, 3.8) is 0 Å². The van der Waals surface area contributed by atoms with Crippen LogP contribution in [0.3, 0.4) is 0 Å². The SMILES string of the molecule is CO[C@](F)(CO)[C@H](C)O.Nc1nc2c(ncn2CO)c(=O)[nH]1. The van der Waals surface area contributed by atoms with Crippen LogP contribution in [0.4, 0.5) is 10.3 Å². The number of aromatic amines is 1. The van der Waals surface area contributed by atoms with Crippen LogP contribution in [-0.2, 0) is 11.5 Å². The maximum atomic E-state index is 12.7. The first-order valence-electron chi connectivity index (χ1n) is 6.13. The smallest absolute Gasteiger partial charge is 0.280 e. The van der Waals surface area contributed by atoms with Crippen LogP contribution in [0.25, 0.3) is 11.2 Å². The highest BCUT2D eigenvalue weighted by Gasteiger charge is 2.34. The van der Waals surface area contributed by atoms with E-state index in [0.717, 1.165) is 7.11 Å². The van der Waals surface area contributed by atoms with Gasteiger partial charge in [0.2, 0.25) is 5.95 Å². The van der Waals surface area contributed by atoms with Gasteiger partial charge in [-0.2, -0.15) is 4.98 Å². The summed E-state index contributed by atoms with van der Waals surface area (Å²) >= 11 is 0. The Morgan fingerprint density at radius 1 is 1.59 bits per heavy atom. The number of halogens is 1. The Labute approximate surface area is 124 Å². The highest BCUT2D eigenvalue weighted by molar-refractivity contribution is 5.70. The number of nitrogens with one attached hydrogen (secondary N) is 1. The van der Waals surface area contributed by atoms with Crippen LogP contribution in [0.5, 0.6) is 0 Å². The van der Waals surface area contributed by atoms with Gasteiger partial charge in [-0.25, -0.2) is 9.37 Å². The van der Waals surface area contributed by atoms with Crippen molar-refractivity contribution >= 4 is 17.1 Å². The zero-order valence-electron chi connectivity index (χ0n) is 12.0. The summed E-state index contributed by atoms with van der Waals surface area (Å²) < 4.78 is 18.2. The summed E-state index contributed by atoms with van der Waals surface area (Å²) in [6, 6.07) is 0. The number of anilines is 1. The number of aromatic nitrogens is 4. The number of aliphatic hydroxyl groups is 3. The topological polar surface area (TPSA) is 160 Å². The standard InChI is InChI=1S/C6H7N5O2.C5H11FO3/c7-6-9-4-3(5(13)10-6)8-1-11(4)2-12;1-4(8)5(6,3-7)9-2/h1,12H,2H2,(H3,7,9,10,13);4,7-8H,3H2,1-2H3/t;4-,5+/m.0/s1. The quantitative estimate of drug-likeness (QED) is 0.447. The van der Waals surface area contributed by atoms with Crippen molar-refractivity contribution < 1.29 is 24.4 Å². The zero-order valence-corrected chi connectivity index (χ0v) is 12.0. The van der Waals surface area contributed by atoms with Gasteiger partial charge in [0, 0.05) is 7.11 Å². The predicted molar refractivity (Wildman–Crippen MR) is 74.4 cm³/mol. The summed E-state index contributed by atoms with van der Waals surface area (Å²) in [6.07, 6.45) is 0.0132. The monoisotopic (exact) mass is 319 g/mol. The molecule has 10 nitrogen and oxygen atoms in total. The Hall–Kier alpha value is -2.08. The Bertz CT molecular complexity index is 666. The number of alkyl halides is 1. The predicted octanol–water partition coefficient (Wildman–Crippen LogP) is -1.68. The molecule has 0 radical (unpaired) electrons. The lowest BCUT2D eigenvalue weighted by molar-refractivity contribution is -0.206. The van der Waals surface area contributed by atoms with Crippen LogP contribution in [-0.4, -0.2) is 60.5 Å². The molecule has 0 aliphatic rings. The lowest BCUT2D eigenvalue weighted by Gasteiger charge is -2.23. The van der Waals surface area contributed by atoms with E-state index in [0.29, 0.717) is 0 Å². The van der Waals surface area contributed by atoms with Crippen LogP contribution in [0.2, 0.25) is 0 Å². The van der Waals surface area contributed by atoms with Gasteiger partial charge in [-0.3, -0.25) is 14.3 Å². The Balaban J connectivity index is 0.000000239. The number of methoxy groups -OCH3 is 1. The molecule has 2 aromatic heterocycles. The van der Waals surface area contributed by atoms with E-state index in [4.69, 9.17) is 21.1 Å². The van der Waals surface area contributed by atoms with Crippen molar-refractivity contribution in [3.05, 3.63) is 16.7 Å². The molecular weight excluding hydrogens is 301 g/mol. The van der Waals surface area contributed by atoms with E-state index < -0.39 is 24.1 Å². The second-order valence-electron chi connectivity index (χ2n) is 4.30. The first-order valence-corrected chi connectivity index (χ1v) is 6.13. The lowest BCUT2D eigenvalue weighted by atomic mass is 10.2. The molecule has 2 aromatic rings. The van der Waals surface area contributed by atoms with Crippen LogP contribution in [0.15, 0.2) is 11.1 Å². The Kier molecular flexibility index (Phi) is 5.93. The maximum absolute atomic E-state index is 12.7. The number of nitrogen functional groups attached to an aromatic ring is 1. The largest absolute Gasteiger partial charge is 0.390 e. The van der Waals surface area contributed by atoms with Gasteiger partial charge in [-0.05, 0) is 6.92 Å². The average Bonchev–Trinajstić information content (AvgIpc) is 2.90. The number of hydrogen-bond acceptors (Lipinski definition) is 8. The fraction of sp³-hybridized carbons (Fsp3) is 0.545. The van der Waals surface area contributed by atoms with E-state index >= 15 is 0 Å². The third-order valence-corrected chi connectivity index (χ3v) is 2.82. The first-order chi connectivity index (χ1) is 10.3. The summed E-state index contributed by atoms with van der Waals surface area (Å²) in [4.78, 5) is 21.1. The van der Waals surface area contributed by atoms with E-state index in [9.17, 15) is 9.18 Å². The molecule has 124 valence electrons. The van der Waals surface area contributed by atoms with Crippen molar-refractivity contribution in [1.82, 2.24) is 19.5 Å². The van der Waals surface area contributed by atoms with E-state index in [1.54, 1.807) is 0 Å². The van der Waals surface area contributed by atoms with Gasteiger partial charge in [0.15, 0.2) is 11.2 Å². The zero-order chi connectivity index (χ0) is 16.9. The van der Waals surface area contributed by atoms with Gasteiger partial charge < -0.3 is 25.8 Å². The molecule has 2 heterocycles. The third kappa shape index (κ3) is 3.76. The Morgan fingerprint density at radius 3 is 2.64 bits per heavy atom. The third-order valence-electron chi connectivity index (χ3n) is 2.82. The van der Waals surface area contributed by atoms with E-state index in [1.165, 1.54) is 17.8 Å². The summed E-state index contributed by atoms with van der Waals surface area (Å²) in [5.74, 6) is -2.30. The van der Waals surface area contributed by atoms with E-state index in [1.807, 2.05) is 0 Å². The molecule has 0 amide bonds. The number of nitrogens with two attached hydrogens (primary N) is 1. The number of aliphatic hydroxyl groups excluding tert-OH is 3. The summed E-state index contributed by atoms with van der Waals surface area (Å²) in [5.41, 5.74) is 5.36. The summed E-state index contributed by atoms with van der Waals surface area (Å²) in [7, 11) is 1.09. The fourth-order valence-corrected chi connectivity index (χ4v) is 1.44. The summed E-state index contributed by atoms with van der Waals surface area (Å²) in [5, 5.41) is 25.7. The van der Waals surface area contributed by atoms with Gasteiger partial charge in [0.25, 0.3) is 11.4 Å². The van der Waals surface area contributed by atoms with Crippen LogP contribution in [0.1, 0.15) is 6.92 Å². The minimum absolute atomic E-state index is 0.00713. The highest BCUT2D eigenvalue weighted by atomic mass is 19.2. The molecule has 11 heteroatoms. The van der Waals surface area contributed by atoms with Crippen molar-refractivity contribution in [1.29, 1.82) is 0 Å². The molecule has 2 rings (SSSR count). The molecule has 0 fully saturated rings. The van der Waals surface area contributed by atoms with Crippen molar-refractivity contribution in [2.45, 2.75) is 25.6 Å².